The Morgan fingerprint density at radius 3 is 2.57 bits per heavy atom. The zero-order valence-electron chi connectivity index (χ0n) is 12.2. The molecule has 0 amide bonds. The lowest BCUT2D eigenvalue weighted by atomic mass is 9.86. The lowest BCUT2D eigenvalue weighted by Gasteiger charge is -2.21. The van der Waals surface area contributed by atoms with Gasteiger partial charge in [-0.05, 0) is 36.6 Å². The van der Waals surface area contributed by atoms with E-state index in [1.54, 1.807) is 12.1 Å². The highest BCUT2D eigenvalue weighted by Crippen LogP contribution is 2.31. The maximum atomic E-state index is 13.5. The Morgan fingerprint density at radius 2 is 1.86 bits per heavy atom. The van der Waals surface area contributed by atoms with E-state index < -0.39 is 0 Å². The monoisotopic (exact) mass is 284 g/mol. The molecule has 1 N–H and O–H groups in total. The molecule has 0 radical (unpaired) electrons. The summed E-state index contributed by atoms with van der Waals surface area (Å²) in [5.74, 6) is 0.414. The normalized spacial score (nSPS) is 15.9. The van der Waals surface area contributed by atoms with Crippen LogP contribution in [-0.4, -0.2) is 4.98 Å². The topological polar surface area (TPSA) is 24.9 Å². The predicted octanol–water partition coefficient (Wildman–Crippen LogP) is 4.88. The molecule has 0 saturated heterocycles. The summed E-state index contributed by atoms with van der Waals surface area (Å²) in [5.41, 5.74) is 2.83. The number of anilines is 1. The van der Waals surface area contributed by atoms with E-state index in [0.29, 0.717) is 18.2 Å². The van der Waals surface area contributed by atoms with Crippen molar-refractivity contribution in [2.45, 2.75) is 44.6 Å². The second-order valence-electron chi connectivity index (χ2n) is 5.76. The molecule has 1 aromatic heterocycles. The van der Waals surface area contributed by atoms with Gasteiger partial charge in [0.1, 0.15) is 5.82 Å². The summed E-state index contributed by atoms with van der Waals surface area (Å²) in [5, 5.41) is 3.11. The highest BCUT2D eigenvalue weighted by Gasteiger charge is 2.16. The van der Waals surface area contributed by atoms with Gasteiger partial charge >= 0.3 is 0 Å². The quantitative estimate of drug-likeness (QED) is 0.865. The van der Waals surface area contributed by atoms with Crippen molar-refractivity contribution in [1.29, 1.82) is 0 Å². The molecular weight excluding hydrogens is 263 g/mol. The molecule has 0 bridgehead atoms. The maximum Gasteiger partial charge on any atom is 0.146 e. The average Bonchev–Trinajstić information content (AvgIpc) is 2.55. The van der Waals surface area contributed by atoms with Gasteiger partial charge in [-0.15, -0.1) is 0 Å². The Balaban J connectivity index is 1.60. The molecule has 1 aromatic carbocycles. The molecule has 1 fully saturated rings. The van der Waals surface area contributed by atoms with E-state index in [1.165, 1.54) is 43.9 Å². The molecule has 0 unspecified atom stereocenters. The molecule has 3 rings (SSSR count). The number of nitrogens with zero attached hydrogens (tertiary/aromatic N) is 1. The molecule has 1 heterocycles. The van der Waals surface area contributed by atoms with Crippen LogP contribution in [0.1, 0.15) is 49.3 Å². The van der Waals surface area contributed by atoms with Gasteiger partial charge in [-0.25, -0.2) is 4.39 Å². The minimum absolute atomic E-state index is 0.218. The summed E-state index contributed by atoms with van der Waals surface area (Å²) in [6, 6.07) is 11.0. The van der Waals surface area contributed by atoms with Gasteiger partial charge in [-0.3, -0.25) is 4.98 Å². The second kappa shape index (κ2) is 6.70. The number of benzene rings is 1. The van der Waals surface area contributed by atoms with Gasteiger partial charge < -0.3 is 5.32 Å². The zero-order valence-corrected chi connectivity index (χ0v) is 12.2. The zero-order chi connectivity index (χ0) is 14.5. The lowest BCUT2D eigenvalue weighted by molar-refractivity contribution is 0.436. The third-order valence-electron chi connectivity index (χ3n) is 4.23. The average molecular weight is 284 g/mol. The number of hydrogen-bond donors (Lipinski definition) is 1. The summed E-state index contributed by atoms with van der Waals surface area (Å²) in [7, 11) is 0. The Hall–Kier alpha value is -1.90. The first-order valence-electron chi connectivity index (χ1n) is 7.76. The molecule has 0 atom stereocenters. The summed E-state index contributed by atoms with van der Waals surface area (Å²) >= 11 is 0. The fraction of sp³-hybridized carbons (Fsp3) is 0.389. The van der Waals surface area contributed by atoms with Crippen LogP contribution in [0.5, 0.6) is 0 Å². The number of halogens is 1. The van der Waals surface area contributed by atoms with E-state index in [0.717, 1.165) is 5.56 Å². The van der Waals surface area contributed by atoms with Crippen LogP contribution in [0.3, 0.4) is 0 Å². The van der Waals surface area contributed by atoms with Crippen LogP contribution in [0, 0.1) is 5.82 Å². The van der Waals surface area contributed by atoms with E-state index in [4.69, 9.17) is 0 Å². The van der Waals surface area contributed by atoms with Gasteiger partial charge in [0.25, 0.3) is 0 Å². The Labute approximate surface area is 125 Å². The summed E-state index contributed by atoms with van der Waals surface area (Å²) < 4.78 is 13.5. The fourth-order valence-electron chi connectivity index (χ4n) is 2.98. The largest absolute Gasteiger partial charge is 0.379 e. The molecule has 21 heavy (non-hydrogen) atoms. The van der Waals surface area contributed by atoms with Crippen molar-refractivity contribution in [1.82, 2.24) is 4.98 Å². The molecule has 0 aliphatic heterocycles. The van der Waals surface area contributed by atoms with Crippen molar-refractivity contribution in [3.05, 3.63) is 59.7 Å². The summed E-state index contributed by atoms with van der Waals surface area (Å²) in [4.78, 5) is 4.60. The maximum absolute atomic E-state index is 13.5. The van der Waals surface area contributed by atoms with Crippen molar-refractivity contribution in [3.63, 3.8) is 0 Å². The minimum Gasteiger partial charge on any atom is -0.379 e. The van der Waals surface area contributed by atoms with Crippen LogP contribution in [0.4, 0.5) is 10.1 Å². The first kappa shape index (κ1) is 14.1. The first-order valence-corrected chi connectivity index (χ1v) is 7.76. The number of pyridine rings is 1. The number of para-hydroxylation sites is 1. The molecule has 1 aliphatic carbocycles. The number of rotatable bonds is 4. The van der Waals surface area contributed by atoms with Gasteiger partial charge in [0, 0.05) is 24.4 Å². The van der Waals surface area contributed by atoms with E-state index in [2.05, 4.69) is 22.4 Å². The van der Waals surface area contributed by atoms with Crippen molar-refractivity contribution in [2.24, 2.45) is 0 Å². The fourth-order valence-corrected chi connectivity index (χ4v) is 2.98. The van der Waals surface area contributed by atoms with E-state index >= 15 is 0 Å². The van der Waals surface area contributed by atoms with Gasteiger partial charge in [-0.2, -0.15) is 0 Å². The summed E-state index contributed by atoms with van der Waals surface area (Å²) in [6.45, 7) is 0.596. The lowest BCUT2D eigenvalue weighted by Crippen LogP contribution is -2.07. The molecule has 0 spiro atoms. The second-order valence-corrected chi connectivity index (χ2v) is 5.76. The summed E-state index contributed by atoms with van der Waals surface area (Å²) in [6.07, 6.45) is 8.45. The molecule has 3 heteroatoms. The third-order valence-corrected chi connectivity index (χ3v) is 4.23. The molecule has 2 aromatic rings. The molecule has 1 saturated carbocycles. The van der Waals surface area contributed by atoms with E-state index in [-0.39, 0.29) is 5.82 Å². The standard InChI is InChI=1S/C18H21FN2/c19-16-8-4-5-9-18(16)21-13-14-10-11-17(20-12-14)15-6-2-1-3-7-15/h4-5,8-12,15,21H,1-3,6-7,13H2. The number of hydrogen-bond acceptors (Lipinski definition) is 2. The van der Waals surface area contributed by atoms with Gasteiger partial charge in [0.05, 0.1) is 5.69 Å². The highest BCUT2D eigenvalue weighted by molar-refractivity contribution is 5.44. The Bertz CT molecular complexity index is 574. The first-order chi connectivity index (χ1) is 10.3. The predicted molar refractivity (Wildman–Crippen MR) is 83.8 cm³/mol. The molecule has 1 aliphatic rings. The van der Waals surface area contributed by atoms with Crippen LogP contribution < -0.4 is 5.32 Å². The van der Waals surface area contributed by atoms with Gasteiger partial charge in [-0.1, -0.05) is 37.5 Å². The van der Waals surface area contributed by atoms with Crippen LogP contribution in [-0.2, 0) is 6.54 Å². The SMILES string of the molecule is Fc1ccccc1NCc1ccc(C2CCCCC2)nc1. The van der Waals surface area contributed by atoms with Crippen molar-refractivity contribution >= 4 is 5.69 Å². The Morgan fingerprint density at radius 1 is 1.05 bits per heavy atom. The molecular formula is C18H21FN2. The van der Waals surface area contributed by atoms with Crippen LogP contribution in [0.15, 0.2) is 42.6 Å². The Kier molecular flexibility index (Phi) is 4.49. The van der Waals surface area contributed by atoms with Crippen LogP contribution >= 0.6 is 0 Å². The van der Waals surface area contributed by atoms with Crippen LogP contribution in [0.2, 0.25) is 0 Å². The van der Waals surface area contributed by atoms with Crippen molar-refractivity contribution in [2.75, 3.05) is 5.32 Å². The van der Waals surface area contributed by atoms with Crippen molar-refractivity contribution < 1.29 is 4.39 Å². The number of aromatic nitrogens is 1. The minimum atomic E-state index is -0.218. The highest BCUT2D eigenvalue weighted by atomic mass is 19.1. The third kappa shape index (κ3) is 3.60. The van der Waals surface area contributed by atoms with E-state index in [1.807, 2.05) is 12.3 Å². The van der Waals surface area contributed by atoms with Gasteiger partial charge in [0.15, 0.2) is 0 Å². The van der Waals surface area contributed by atoms with Gasteiger partial charge in [0.2, 0.25) is 0 Å². The van der Waals surface area contributed by atoms with E-state index in [9.17, 15) is 4.39 Å². The smallest absolute Gasteiger partial charge is 0.146 e. The van der Waals surface area contributed by atoms with Crippen LogP contribution in [0.25, 0.3) is 0 Å². The molecule has 110 valence electrons. The molecule has 2 nitrogen and oxygen atoms in total. The van der Waals surface area contributed by atoms with Crippen molar-refractivity contribution in [3.8, 4) is 0 Å². The number of nitrogens with one attached hydrogen (secondary N) is 1.